The lowest BCUT2D eigenvalue weighted by Crippen LogP contribution is -2.13. The van der Waals surface area contributed by atoms with Crippen LogP contribution in [0.25, 0.3) is 0 Å². The van der Waals surface area contributed by atoms with E-state index in [9.17, 15) is 4.79 Å². The van der Waals surface area contributed by atoms with Gasteiger partial charge in [-0.25, -0.2) is 0 Å². The quantitative estimate of drug-likeness (QED) is 0.829. The van der Waals surface area contributed by atoms with Crippen molar-refractivity contribution in [2.45, 2.75) is 13.8 Å². The molecule has 1 heterocycles. The number of anilines is 1. The van der Waals surface area contributed by atoms with E-state index in [1.54, 1.807) is 24.5 Å². The summed E-state index contributed by atoms with van der Waals surface area (Å²) >= 11 is 0. The number of benzene rings is 1. The Morgan fingerprint density at radius 3 is 2.76 bits per heavy atom. The molecule has 0 atom stereocenters. The molecule has 0 aliphatic rings. The second-order valence-corrected chi connectivity index (χ2v) is 4.68. The average Bonchev–Trinajstić information content (AvgIpc) is 2.48. The van der Waals surface area contributed by atoms with Crippen LogP contribution in [0.2, 0.25) is 0 Å². The molecule has 1 amide bonds. The molecule has 0 unspecified atom stereocenters. The standard InChI is InChI=1S/C17H17N3O/c1-12-10-15(6-5-14(12)4-3-8-18)17(21)20-16-7-9-19-11-13(16)2/h5-7,9-11H,8,18H2,1-2H3,(H,19,20,21). The Balaban J connectivity index is 2.21. The van der Waals surface area contributed by atoms with Crippen molar-refractivity contribution in [3.05, 3.63) is 58.9 Å². The fourth-order valence-corrected chi connectivity index (χ4v) is 1.90. The van der Waals surface area contributed by atoms with E-state index in [0.29, 0.717) is 12.1 Å². The molecule has 3 N–H and O–H groups in total. The first kappa shape index (κ1) is 14.8. The summed E-state index contributed by atoms with van der Waals surface area (Å²) in [5.74, 6) is 5.65. The van der Waals surface area contributed by atoms with E-state index in [-0.39, 0.29) is 5.91 Å². The van der Waals surface area contributed by atoms with Crippen LogP contribution < -0.4 is 11.1 Å². The van der Waals surface area contributed by atoms with Crippen LogP contribution in [-0.2, 0) is 0 Å². The largest absolute Gasteiger partial charge is 0.322 e. The number of hydrogen-bond donors (Lipinski definition) is 2. The summed E-state index contributed by atoms with van der Waals surface area (Å²) in [4.78, 5) is 16.3. The molecule has 0 aliphatic heterocycles. The van der Waals surface area contributed by atoms with E-state index in [1.165, 1.54) is 0 Å². The van der Waals surface area contributed by atoms with E-state index in [0.717, 1.165) is 22.4 Å². The number of hydrogen-bond acceptors (Lipinski definition) is 3. The van der Waals surface area contributed by atoms with Crippen molar-refractivity contribution in [3.63, 3.8) is 0 Å². The molecule has 2 aromatic rings. The summed E-state index contributed by atoms with van der Waals surface area (Å²) in [7, 11) is 0. The monoisotopic (exact) mass is 279 g/mol. The summed E-state index contributed by atoms with van der Waals surface area (Å²) in [6.45, 7) is 4.15. The van der Waals surface area contributed by atoms with E-state index in [2.05, 4.69) is 22.1 Å². The lowest BCUT2D eigenvalue weighted by molar-refractivity contribution is 0.102. The maximum atomic E-state index is 12.3. The summed E-state index contributed by atoms with van der Waals surface area (Å²) in [5, 5.41) is 2.88. The van der Waals surface area contributed by atoms with Gasteiger partial charge < -0.3 is 11.1 Å². The zero-order valence-electron chi connectivity index (χ0n) is 12.1. The lowest BCUT2D eigenvalue weighted by atomic mass is 10.0. The summed E-state index contributed by atoms with van der Waals surface area (Å²) < 4.78 is 0. The van der Waals surface area contributed by atoms with Crippen molar-refractivity contribution in [1.82, 2.24) is 4.98 Å². The highest BCUT2D eigenvalue weighted by molar-refractivity contribution is 6.04. The smallest absolute Gasteiger partial charge is 0.255 e. The fourth-order valence-electron chi connectivity index (χ4n) is 1.90. The van der Waals surface area contributed by atoms with Crippen LogP contribution in [0.15, 0.2) is 36.7 Å². The zero-order valence-corrected chi connectivity index (χ0v) is 12.1. The average molecular weight is 279 g/mol. The third kappa shape index (κ3) is 3.68. The van der Waals surface area contributed by atoms with Crippen LogP contribution in [0, 0.1) is 25.7 Å². The van der Waals surface area contributed by atoms with E-state index in [1.807, 2.05) is 26.0 Å². The number of amides is 1. The molecule has 0 saturated heterocycles. The van der Waals surface area contributed by atoms with Gasteiger partial charge in [-0.2, -0.15) is 0 Å². The van der Waals surface area contributed by atoms with Crippen molar-refractivity contribution in [1.29, 1.82) is 0 Å². The van der Waals surface area contributed by atoms with Gasteiger partial charge in [0.1, 0.15) is 0 Å². The van der Waals surface area contributed by atoms with Gasteiger partial charge >= 0.3 is 0 Å². The topological polar surface area (TPSA) is 68.0 Å². The van der Waals surface area contributed by atoms with E-state index in [4.69, 9.17) is 5.73 Å². The van der Waals surface area contributed by atoms with Gasteiger partial charge in [-0.05, 0) is 49.2 Å². The Labute approximate surface area is 124 Å². The Morgan fingerprint density at radius 2 is 2.10 bits per heavy atom. The normalized spacial score (nSPS) is 9.67. The predicted molar refractivity (Wildman–Crippen MR) is 84.0 cm³/mol. The Hall–Kier alpha value is -2.64. The highest BCUT2D eigenvalue weighted by atomic mass is 16.1. The molecule has 0 radical (unpaired) electrons. The van der Waals surface area contributed by atoms with Gasteiger partial charge in [-0.15, -0.1) is 0 Å². The van der Waals surface area contributed by atoms with E-state index < -0.39 is 0 Å². The summed E-state index contributed by atoms with van der Waals surface area (Å²) in [6.07, 6.45) is 3.37. The van der Waals surface area contributed by atoms with Gasteiger partial charge in [0.25, 0.3) is 5.91 Å². The maximum absolute atomic E-state index is 12.3. The van der Waals surface area contributed by atoms with Gasteiger partial charge in [0, 0.05) is 29.2 Å². The van der Waals surface area contributed by atoms with Crippen molar-refractivity contribution in [3.8, 4) is 11.8 Å². The van der Waals surface area contributed by atoms with Crippen molar-refractivity contribution in [2.24, 2.45) is 5.73 Å². The Bertz CT molecular complexity index is 726. The third-order valence-corrected chi connectivity index (χ3v) is 3.08. The number of rotatable bonds is 2. The van der Waals surface area contributed by atoms with Crippen LogP contribution in [0.3, 0.4) is 0 Å². The minimum Gasteiger partial charge on any atom is -0.322 e. The highest BCUT2D eigenvalue weighted by Crippen LogP contribution is 2.15. The van der Waals surface area contributed by atoms with E-state index >= 15 is 0 Å². The summed E-state index contributed by atoms with van der Waals surface area (Å²) in [6, 6.07) is 7.21. The molecule has 1 aromatic carbocycles. The van der Waals surface area contributed by atoms with Crippen LogP contribution in [0.5, 0.6) is 0 Å². The Morgan fingerprint density at radius 1 is 1.29 bits per heavy atom. The second-order valence-electron chi connectivity index (χ2n) is 4.68. The summed E-state index contributed by atoms with van der Waals surface area (Å²) in [5.41, 5.74) is 9.49. The van der Waals surface area contributed by atoms with Gasteiger partial charge in [0.2, 0.25) is 0 Å². The van der Waals surface area contributed by atoms with Crippen molar-refractivity contribution in [2.75, 3.05) is 11.9 Å². The van der Waals surface area contributed by atoms with Crippen molar-refractivity contribution < 1.29 is 4.79 Å². The lowest BCUT2D eigenvalue weighted by Gasteiger charge is -2.08. The first-order valence-electron chi connectivity index (χ1n) is 6.63. The third-order valence-electron chi connectivity index (χ3n) is 3.08. The first-order chi connectivity index (χ1) is 10.1. The number of nitrogens with two attached hydrogens (primary N) is 1. The first-order valence-corrected chi connectivity index (χ1v) is 6.63. The molecular weight excluding hydrogens is 262 g/mol. The molecule has 4 nitrogen and oxygen atoms in total. The van der Waals surface area contributed by atoms with Crippen LogP contribution >= 0.6 is 0 Å². The SMILES string of the molecule is Cc1cc(C(=O)Nc2ccncc2C)ccc1C#CCN. The molecule has 4 heteroatoms. The van der Waals surface area contributed by atoms with Gasteiger partial charge in [0.05, 0.1) is 6.54 Å². The number of pyridine rings is 1. The number of aryl methyl sites for hydroxylation is 2. The molecule has 2 rings (SSSR count). The zero-order chi connectivity index (χ0) is 15.2. The van der Waals surface area contributed by atoms with Crippen LogP contribution in [0.1, 0.15) is 27.0 Å². The van der Waals surface area contributed by atoms with Crippen LogP contribution in [0.4, 0.5) is 5.69 Å². The molecule has 0 saturated carbocycles. The molecule has 1 aromatic heterocycles. The van der Waals surface area contributed by atoms with Crippen LogP contribution in [-0.4, -0.2) is 17.4 Å². The van der Waals surface area contributed by atoms with Gasteiger partial charge in [-0.1, -0.05) is 11.8 Å². The number of aromatic nitrogens is 1. The highest BCUT2D eigenvalue weighted by Gasteiger charge is 2.08. The molecular formula is C17H17N3O. The number of carbonyl (C=O) groups is 1. The molecule has 0 bridgehead atoms. The minimum atomic E-state index is -0.147. The van der Waals surface area contributed by atoms with Crippen molar-refractivity contribution >= 4 is 11.6 Å². The molecule has 0 aliphatic carbocycles. The number of nitrogens with one attached hydrogen (secondary N) is 1. The molecule has 0 spiro atoms. The molecule has 21 heavy (non-hydrogen) atoms. The second kappa shape index (κ2) is 6.69. The number of nitrogens with zero attached hydrogens (tertiary/aromatic N) is 1. The fraction of sp³-hybridized carbons (Fsp3) is 0.176. The molecule has 106 valence electrons. The minimum absolute atomic E-state index is 0.147. The van der Waals surface area contributed by atoms with Gasteiger partial charge in [0.15, 0.2) is 0 Å². The number of carbonyl (C=O) groups excluding carboxylic acids is 1. The predicted octanol–water partition coefficient (Wildman–Crippen LogP) is 2.26. The van der Waals surface area contributed by atoms with Gasteiger partial charge in [-0.3, -0.25) is 9.78 Å². The molecule has 0 fully saturated rings. The Kier molecular flexibility index (Phi) is 4.70. The maximum Gasteiger partial charge on any atom is 0.255 e.